The first-order chi connectivity index (χ1) is 14.7. The molecule has 7 nitrogen and oxygen atoms in total. The number of ether oxygens (including phenoxy) is 2. The predicted molar refractivity (Wildman–Crippen MR) is 116 cm³/mol. The summed E-state index contributed by atoms with van der Waals surface area (Å²) in [6.45, 7) is 5.19. The van der Waals surface area contributed by atoms with Crippen LogP contribution in [0.5, 0.6) is 0 Å². The second-order valence-corrected chi connectivity index (χ2v) is 8.12. The van der Waals surface area contributed by atoms with Crippen molar-refractivity contribution in [2.75, 3.05) is 19.0 Å². The van der Waals surface area contributed by atoms with Gasteiger partial charge in [0, 0.05) is 34.7 Å². The van der Waals surface area contributed by atoms with Crippen LogP contribution in [0.15, 0.2) is 52.9 Å². The first-order valence-electron chi connectivity index (χ1n) is 9.82. The highest BCUT2D eigenvalue weighted by Crippen LogP contribution is 2.27. The quantitative estimate of drug-likeness (QED) is 0.441. The van der Waals surface area contributed by atoms with Crippen LogP contribution in [0.2, 0.25) is 0 Å². The van der Waals surface area contributed by atoms with E-state index in [4.69, 9.17) is 13.9 Å². The Morgan fingerprint density at radius 3 is 2.32 bits per heavy atom. The zero-order valence-electron chi connectivity index (χ0n) is 18.0. The Balaban J connectivity index is 1.66. The minimum Gasteiger partial charge on any atom is -0.451 e. The molecule has 0 radical (unpaired) electrons. The number of anilines is 1. The Morgan fingerprint density at radius 1 is 1.00 bits per heavy atom. The number of amides is 1. The molecule has 31 heavy (non-hydrogen) atoms. The number of hydrogen-bond acceptors (Lipinski definition) is 6. The molecule has 162 valence electrons. The van der Waals surface area contributed by atoms with Crippen LogP contribution in [0.25, 0.3) is 11.0 Å². The molecule has 0 aliphatic rings. The summed E-state index contributed by atoms with van der Waals surface area (Å²) >= 11 is 0. The molecule has 0 spiro atoms. The molecule has 1 aromatic heterocycles. The topological polar surface area (TPSA) is 94.8 Å². The zero-order chi connectivity index (χ0) is 22.6. The number of benzene rings is 2. The van der Waals surface area contributed by atoms with Gasteiger partial charge in [-0.15, -0.1) is 0 Å². The number of ketones is 1. The number of methoxy groups -OCH3 is 1. The van der Waals surface area contributed by atoms with Crippen molar-refractivity contribution >= 4 is 34.3 Å². The minimum absolute atomic E-state index is 0.0242. The monoisotopic (exact) mass is 423 g/mol. The second kappa shape index (κ2) is 9.14. The van der Waals surface area contributed by atoms with Crippen LogP contribution in [0.4, 0.5) is 5.69 Å². The summed E-state index contributed by atoms with van der Waals surface area (Å²) in [5, 5.41) is 3.55. The van der Waals surface area contributed by atoms with Crippen molar-refractivity contribution in [1.82, 2.24) is 0 Å². The van der Waals surface area contributed by atoms with Crippen molar-refractivity contribution in [2.45, 2.75) is 27.4 Å². The Morgan fingerprint density at radius 2 is 1.68 bits per heavy atom. The number of furan rings is 1. The van der Waals surface area contributed by atoms with Gasteiger partial charge in [-0.05, 0) is 30.3 Å². The maximum absolute atomic E-state index is 12.5. The number of para-hydroxylation sites is 1. The van der Waals surface area contributed by atoms with Crippen LogP contribution >= 0.6 is 0 Å². The van der Waals surface area contributed by atoms with Gasteiger partial charge in [0.15, 0.2) is 12.4 Å². The average molecular weight is 423 g/mol. The van der Waals surface area contributed by atoms with Gasteiger partial charge in [-0.2, -0.15) is 0 Å². The molecule has 0 atom stereocenters. The van der Waals surface area contributed by atoms with E-state index in [1.165, 1.54) is 7.11 Å². The van der Waals surface area contributed by atoms with Crippen LogP contribution in [-0.2, 0) is 20.9 Å². The molecule has 2 aromatic carbocycles. The maximum Gasteiger partial charge on any atom is 0.375 e. The van der Waals surface area contributed by atoms with E-state index in [1.807, 2.05) is 32.9 Å². The molecule has 1 amide bonds. The molecule has 1 heterocycles. The van der Waals surface area contributed by atoms with Gasteiger partial charge in [-0.25, -0.2) is 4.79 Å². The fourth-order valence-electron chi connectivity index (χ4n) is 2.89. The number of fused-ring (bicyclic) bond motifs is 1. The number of carbonyl (C=O) groups excluding carboxylic acids is 3. The summed E-state index contributed by atoms with van der Waals surface area (Å²) in [5.74, 6) is -1.20. The fraction of sp³-hybridized carbons (Fsp3) is 0.292. The number of esters is 1. The standard InChI is InChI=1S/C24H25NO6/c1-24(2,3)23(28)25-16-11-9-15(10-12-16)19(26)14-30-22(27)21-18(13-29-4)17-7-5-6-8-20(17)31-21/h5-12H,13-14H2,1-4H3,(H,25,28). The lowest BCUT2D eigenvalue weighted by Crippen LogP contribution is -2.27. The summed E-state index contributed by atoms with van der Waals surface area (Å²) in [4.78, 5) is 37.0. The Kier molecular flexibility index (Phi) is 6.56. The molecule has 3 aromatic rings. The van der Waals surface area contributed by atoms with E-state index >= 15 is 0 Å². The molecule has 7 heteroatoms. The normalized spacial score (nSPS) is 11.4. The van der Waals surface area contributed by atoms with Crippen LogP contribution < -0.4 is 5.32 Å². The third-order valence-corrected chi connectivity index (χ3v) is 4.65. The maximum atomic E-state index is 12.5. The molecule has 0 saturated carbocycles. The summed E-state index contributed by atoms with van der Waals surface area (Å²) in [6.07, 6.45) is 0. The van der Waals surface area contributed by atoms with E-state index in [9.17, 15) is 14.4 Å². The molecule has 3 rings (SSSR count). The average Bonchev–Trinajstić information content (AvgIpc) is 3.10. The highest BCUT2D eigenvalue weighted by Gasteiger charge is 2.23. The van der Waals surface area contributed by atoms with Crippen LogP contribution in [-0.4, -0.2) is 31.4 Å². The lowest BCUT2D eigenvalue weighted by molar-refractivity contribution is -0.123. The number of rotatable bonds is 7. The van der Waals surface area contributed by atoms with Crippen LogP contribution in [0.3, 0.4) is 0 Å². The van der Waals surface area contributed by atoms with Crippen LogP contribution in [0, 0.1) is 5.41 Å². The fourth-order valence-corrected chi connectivity index (χ4v) is 2.89. The van der Waals surface area contributed by atoms with Gasteiger partial charge in [0.05, 0.1) is 6.61 Å². The van der Waals surface area contributed by atoms with Crippen LogP contribution in [0.1, 0.15) is 47.2 Å². The summed E-state index contributed by atoms with van der Waals surface area (Å²) in [7, 11) is 1.52. The highest BCUT2D eigenvalue weighted by atomic mass is 16.5. The summed E-state index contributed by atoms with van der Waals surface area (Å²) in [5.41, 5.74) is 1.54. The van der Waals surface area contributed by atoms with Gasteiger partial charge >= 0.3 is 5.97 Å². The van der Waals surface area contributed by atoms with E-state index in [0.29, 0.717) is 22.4 Å². The molecule has 0 unspecified atom stereocenters. The third kappa shape index (κ3) is 5.19. The van der Waals surface area contributed by atoms with E-state index in [2.05, 4.69) is 5.32 Å². The van der Waals surface area contributed by atoms with Gasteiger partial charge in [-0.3, -0.25) is 9.59 Å². The molecule has 1 N–H and O–H groups in total. The van der Waals surface area contributed by atoms with Gasteiger partial charge in [-0.1, -0.05) is 39.0 Å². The van der Waals surface area contributed by atoms with E-state index in [0.717, 1.165) is 5.39 Å². The lowest BCUT2D eigenvalue weighted by atomic mass is 9.95. The number of nitrogens with one attached hydrogen (secondary N) is 1. The molecular weight excluding hydrogens is 398 g/mol. The van der Waals surface area contributed by atoms with E-state index < -0.39 is 18.0 Å². The number of hydrogen-bond donors (Lipinski definition) is 1. The number of Topliss-reactive ketones (excluding diaryl/α,β-unsaturated/α-hetero) is 1. The lowest BCUT2D eigenvalue weighted by Gasteiger charge is -2.17. The van der Waals surface area contributed by atoms with E-state index in [-0.39, 0.29) is 24.1 Å². The number of carbonyl (C=O) groups is 3. The van der Waals surface area contributed by atoms with Crippen molar-refractivity contribution in [3.8, 4) is 0 Å². The molecule has 0 bridgehead atoms. The molecule has 0 fully saturated rings. The third-order valence-electron chi connectivity index (χ3n) is 4.65. The van der Waals surface area contributed by atoms with Crippen molar-refractivity contribution in [3.63, 3.8) is 0 Å². The smallest absolute Gasteiger partial charge is 0.375 e. The van der Waals surface area contributed by atoms with E-state index in [1.54, 1.807) is 36.4 Å². The van der Waals surface area contributed by atoms with Gasteiger partial charge in [0.2, 0.25) is 11.7 Å². The summed E-state index contributed by atoms with van der Waals surface area (Å²) < 4.78 is 16.0. The Labute approximate surface area is 180 Å². The second-order valence-electron chi connectivity index (χ2n) is 8.12. The first-order valence-corrected chi connectivity index (χ1v) is 9.82. The van der Waals surface area contributed by atoms with Crippen molar-refractivity contribution in [3.05, 3.63) is 65.4 Å². The molecular formula is C24H25NO6. The van der Waals surface area contributed by atoms with Gasteiger partial charge < -0.3 is 19.2 Å². The molecule has 0 aliphatic heterocycles. The van der Waals surface area contributed by atoms with Crippen molar-refractivity contribution in [2.24, 2.45) is 5.41 Å². The largest absolute Gasteiger partial charge is 0.451 e. The van der Waals surface area contributed by atoms with Crippen molar-refractivity contribution in [1.29, 1.82) is 0 Å². The van der Waals surface area contributed by atoms with Gasteiger partial charge in [0.1, 0.15) is 5.58 Å². The minimum atomic E-state index is -0.731. The van der Waals surface area contributed by atoms with Crippen molar-refractivity contribution < 1.29 is 28.3 Å². The predicted octanol–water partition coefficient (Wildman–Crippen LogP) is 4.60. The summed E-state index contributed by atoms with van der Waals surface area (Å²) in [6, 6.07) is 13.6. The molecule has 0 saturated heterocycles. The highest BCUT2D eigenvalue weighted by molar-refractivity contribution is 6.01. The SMILES string of the molecule is COCc1c(C(=O)OCC(=O)c2ccc(NC(=O)C(C)(C)C)cc2)oc2ccccc12. The first kappa shape index (κ1) is 22.2. The zero-order valence-corrected chi connectivity index (χ0v) is 18.0. The Hall–Kier alpha value is -3.45. The van der Waals surface area contributed by atoms with Gasteiger partial charge in [0.25, 0.3) is 0 Å². The molecule has 0 aliphatic carbocycles. The Bertz CT molecular complexity index is 1110.